The number of nitrogens with one attached hydrogen (secondary N) is 1. The van der Waals surface area contributed by atoms with Crippen LogP contribution in [-0.2, 0) is 6.54 Å². The number of halogens is 2. The number of benzene rings is 1. The zero-order valence-corrected chi connectivity index (χ0v) is 13.6. The SMILES string of the molecule is Cc1ccc(F)c(CN2CCC(NCC3CC3)CC2)c1.Cl. The number of piperidine rings is 1. The summed E-state index contributed by atoms with van der Waals surface area (Å²) < 4.78 is 13.8. The highest BCUT2D eigenvalue weighted by Crippen LogP contribution is 2.28. The number of nitrogens with zero attached hydrogens (tertiary/aromatic N) is 1. The van der Waals surface area contributed by atoms with Crippen molar-refractivity contribution in [1.82, 2.24) is 10.2 Å². The topological polar surface area (TPSA) is 15.3 Å². The van der Waals surface area contributed by atoms with E-state index in [4.69, 9.17) is 0 Å². The first-order chi connectivity index (χ1) is 9.70. The van der Waals surface area contributed by atoms with Gasteiger partial charge >= 0.3 is 0 Å². The Hall–Kier alpha value is -0.640. The van der Waals surface area contributed by atoms with Crippen LogP contribution in [0.3, 0.4) is 0 Å². The highest BCUT2D eigenvalue weighted by molar-refractivity contribution is 5.85. The van der Waals surface area contributed by atoms with Gasteiger partial charge in [-0.05, 0) is 64.2 Å². The lowest BCUT2D eigenvalue weighted by atomic mass is 10.0. The van der Waals surface area contributed by atoms with Crippen LogP contribution in [0.4, 0.5) is 4.39 Å². The monoisotopic (exact) mass is 312 g/mol. The fourth-order valence-corrected chi connectivity index (χ4v) is 3.02. The molecule has 0 spiro atoms. The third kappa shape index (κ3) is 4.94. The lowest BCUT2D eigenvalue weighted by Gasteiger charge is -2.32. The minimum absolute atomic E-state index is 0. The van der Waals surface area contributed by atoms with Crippen LogP contribution in [-0.4, -0.2) is 30.6 Å². The normalized spacial score (nSPS) is 20.3. The third-order valence-electron chi connectivity index (χ3n) is 4.57. The second-order valence-corrected chi connectivity index (χ2v) is 6.50. The van der Waals surface area contributed by atoms with Crippen LogP contribution in [0.2, 0.25) is 0 Å². The number of hydrogen-bond donors (Lipinski definition) is 1. The van der Waals surface area contributed by atoms with E-state index >= 15 is 0 Å². The second-order valence-electron chi connectivity index (χ2n) is 6.50. The van der Waals surface area contributed by atoms with E-state index in [1.165, 1.54) is 32.2 Å². The van der Waals surface area contributed by atoms with Crippen LogP contribution in [0.15, 0.2) is 18.2 Å². The minimum Gasteiger partial charge on any atom is -0.314 e. The van der Waals surface area contributed by atoms with Crippen molar-refractivity contribution in [2.75, 3.05) is 19.6 Å². The molecular weight excluding hydrogens is 287 g/mol. The van der Waals surface area contributed by atoms with Crippen LogP contribution in [0.25, 0.3) is 0 Å². The van der Waals surface area contributed by atoms with Crippen molar-refractivity contribution in [1.29, 1.82) is 0 Å². The summed E-state index contributed by atoms with van der Waals surface area (Å²) in [7, 11) is 0. The summed E-state index contributed by atoms with van der Waals surface area (Å²) in [5.74, 6) is 0.888. The van der Waals surface area contributed by atoms with E-state index in [1.54, 1.807) is 6.07 Å². The molecule has 1 heterocycles. The van der Waals surface area contributed by atoms with Gasteiger partial charge in [-0.3, -0.25) is 4.90 Å². The largest absolute Gasteiger partial charge is 0.314 e. The Morgan fingerprint density at radius 3 is 2.57 bits per heavy atom. The van der Waals surface area contributed by atoms with Crippen molar-refractivity contribution in [3.05, 3.63) is 35.1 Å². The van der Waals surface area contributed by atoms with E-state index in [0.717, 1.165) is 36.7 Å². The molecule has 1 aliphatic heterocycles. The molecule has 0 atom stereocenters. The van der Waals surface area contributed by atoms with E-state index in [-0.39, 0.29) is 18.2 Å². The fourth-order valence-electron chi connectivity index (χ4n) is 3.02. The van der Waals surface area contributed by atoms with Gasteiger partial charge in [0.15, 0.2) is 0 Å². The summed E-state index contributed by atoms with van der Waals surface area (Å²) in [4.78, 5) is 2.38. The van der Waals surface area contributed by atoms with Crippen LogP contribution >= 0.6 is 12.4 Å². The van der Waals surface area contributed by atoms with Gasteiger partial charge in [0, 0.05) is 18.2 Å². The van der Waals surface area contributed by atoms with Crippen molar-refractivity contribution in [2.24, 2.45) is 5.92 Å². The molecule has 3 rings (SSSR count). The maximum Gasteiger partial charge on any atom is 0.127 e. The quantitative estimate of drug-likeness (QED) is 0.895. The van der Waals surface area contributed by atoms with Crippen molar-refractivity contribution >= 4 is 12.4 Å². The summed E-state index contributed by atoms with van der Waals surface area (Å²) in [6.07, 6.45) is 5.22. The first-order valence-corrected chi connectivity index (χ1v) is 7.91. The average Bonchev–Trinajstić information content (AvgIpc) is 3.26. The highest BCUT2D eigenvalue weighted by Gasteiger charge is 2.24. The van der Waals surface area contributed by atoms with Crippen LogP contribution in [0.1, 0.15) is 36.8 Å². The smallest absolute Gasteiger partial charge is 0.127 e. The molecule has 1 saturated heterocycles. The van der Waals surface area contributed by atoms with Crippen LogP contribution in [0.5, 0.6) is 0 Å². The molecule has 2 nitrogen and oxygen atoms in total. The standard InChI is InChI=1S/C17H25FN2.ClH/c1-13-2-5-17(18)15(10-13)12-20-8-6-16(7-9-20)19-11-14-3-4-14;/h2,5,10,14,16,19H,3-4,6-9,11-12H2,1H3;1H. The molecule has 0 amide bonds. The molecule has 4 heteroatoms. The predicted octanol–water partition coefficient (Wildman–Crippen LogP) is 3.52. The Kier molecular flexibility index (Phi) is 6.03. The molecule has 2 aliphatic rings. The maximum atomic E-state index is 13.8. The van der Waals surface area contributed by atoms with Gasteiger partial charge in [-0.2, -0.15) is 0 Å². The van der Waals surface area contributed by atoms with Gasteiger partial charge in [-0.1, -0.05) is 17.7 Å². The van der Waals surface area contributed by atoms with E-state index in [1.807, 2.05) is 19.1 Å². The van der Waals surface area contributed by atoms with Crippen molar-refractivity contribution in [3.8, 4) is 0 Å². The van der Waals surface area contributed by atoms with E-state index in [9.17, 15) is 4.39 Å². The van der Waals surface area contributed by atoms with Gasteiger partial charge in [0.1, 0.15) is 5.82 Å². The molecule has 118 valence electrons. The van der Waals surface area contributed by atoms with Gasteiger partial charge in [0.2, 0.25) is 0 Å². The molecule has 1 aromatic rings. The minimum atomic E-state index is -0.0652. The third-order valence-corrected chi connectivity index (χ3v) is 4.57. The molecule has 0 radical (unpaired) electrons. The molecule has 0 bridgehead atoms. The van der Waals surface area contributed by atoms with Crippen molar-refractivity contribution < 1.29 is 4.39 Å². The van der Waals surface area contributed by atoms with E-state index in [2.05, 4.69) is 10.2 Å². The van der Waals surface area contributed by atoms with Gasteiger partial charge < -0.3 is 5.32 Å². The van der Waals surface area contributed by atoms with Crippen molar-refractivity contribution in [2.45, 2.75) is 45.2 Å². The zero-order valence-electron chi connectivity index (χ0n) is 12.8. The fraction of sp³-hybridized carbons (Fsp3) is 0.647. The Morgan fingerprint density at radius 1 is 1.19 bits per heavy atom. The Labute approximate surface area is 133 Å². The summed E-state index contributed by atoms with van der Waals surface area (Å²) in [5.41, 5.74) is 1.98. The lowest BCUT2D eigenvalue weighted by Crippen LogP contribution is -2.42. The molecule has 1 aliphatic carbocycles. The Balaban J connectivity index is 0.00000161. The highest BCUT2D eigenvalue weighted by atomic mass is 35.5. The number of likely N-dealkylation sites (tertiary alicyclic amines) is 1. The summed E-state index contributed by atoms with van der Waals surface area (Å²) in [5, 5.41) is 3.69. The van der Waals surface area contributed by atoms with Gasteiger partial charge in [0.25, 0.3) is 0 Å². The second kappa shape index (κ2) is 7.57. The van der Waals surface area contributed by atoms with Crippen LogP contribution in [0, 0.1) is 18.7 Å². The molecule has 1 N–H and O–H groups in total. The molecule has 1 saturated carbocycles. The first-order valence-electron chi connectivity index (χ1n) is 7.91. The summed E-state index contributed by atoms with van der Waals surface area (Å²) in [6.45, 7) is 6.14. The lowest BCUT2D eigenvalue weighted by molar-refractivity contribution is 0.188. The average molecular weight is 313 g/mol. The van der Waals surface area contributed by atoms with Crippen LogP contribution < -0.4 is 5.32 Å². The number of rotatable bonds is 5. The summed E-state index contributed by atoms with van der Waals surface area (Å²) >= 11 is 0. The molecule has 0 aromatic heterocycles. The van der Waals surface area contributed by atoms with Gasteiger partial charge in [-0.15, -0.1) is 12.4 Å². The Bertz CT molecular complexity index is 454. The molecule has 21 heavy (non-hydrogen) atoms. The predicted molar refractivity (Wildman–Crippen MR) is 87.4 cm³/mol. The van der Waals surface area contributed by atoms with Gasteiger partial charge in [-0.25, -0.2) is 4.39 Å². The molecular formula is C17H26ClFN2. The maximum absolute atomic E-state index is 13.8. The molecule has 1 aromatic carbocycles. The first kappa shape index (κ1) is 16.7. The number of aryl methyl sites for hydroxylation is 1. The van der Waals surface area contributed by atoms with Crippen molar-refractivity contribution in [3.63, 3.8) is 0 Å². The van der Waals surface area contributed by atoms with E-state index < -0.39 is 0 Å². The van der Waals surface area contributed by atoms with Gasteiger partial charge in [0.05, 0.1) is 0 Å². The molecule has 2 fully saturated rings. The zero-order chi connectivity index (χ0) is 13.9. The Morgan fingerprint density at radius 2 is 1.90 bits per heavy atom. The number of hydrogen-bond acceptors (Lipinski definition) is 2. The molecule has 0 unspecified atom stereocenters. The van der Waals surface area contributed by atoms with E-state index in [0.29, 0.717) is 6.04 Å². The summed E-state index contributed by atoms with van der Waals surface area (Å²) in [6, 6.07) is 6.09.